The van der Waals surface area contributed by atoms with Gasteiger partial charge in [0, 0.05) is 50.2 Å². The van der Waals surface area contributed by atoms with Crippen molar-refractivity contribution in [1.29, 1.82) is 0 Å². The molecule has 5 nitrogen and oxygen atoms in total. The number of aryl methyl sites for hydroxylation is 1. The minimum Gasteiger partial charge on any atom is -0.352 e. The van der Waals surface area contributed by atoms with E-state index in [1.807, 2.05) is 11.9 Å². The second-order valence-corrected chi connectivity index (χ2v) is 6.64. The first kappa shape index (κ1) is 17.0. The van der Waals surface area contributed by atoms with Gasteiger partial charge < -0.3 is 9.80 Å². The lowest BCUT2D eigenvalue weighted by Gasteiger charge is -2.33. The van der Waals surface area contributed by atoms with Gasteiger partial charge in [-0.15, -0.1) is 0 Å². The van der Waals surface area contributed by atoms with Crippen molar-refractivity contribution in [3.05, 3.63) is 29.7 Å². The minimum absolute atomic E-state index is 0.0626. The predicted molar refractivity (Wildman–Crippen MR) is 90.7 cm³/mol. The van der Waals surface area contributed by atoms with E-state index in [4.69, 9.17) is 0 Å². The van der Waals surface area contributed by atoms with Gasteiger partial charge in [0.25, 0.3) is 0 Å². The third-order valence-corrected chi connectivity index (χ3v) is 4.74. The molecule has 0 radical (unpaired) electrons. The summed E-state index contributed by atoms with van der Waals surface area (Å²) in [6.07, 6.45) is -3.02. The Morgan fingerprint density at radius 1 is 0.962 bits per heavy atom. The molecule has 1 saturated heterocycles. The average molecular weight is 367 g/mol. The van der Waals surface area contributed by atoms with E-state index in [1.54, 1.807) is 13.2 Å². The number of alkyl halides is 3. The van der Waals surface area contributed by atoms with Crippen LogP contribution in [0.15, 0.2) is 18.3 Å². The number of nitrogens with zero attached hydrogens (tertiary/aromatic N) is 5. The Kier molecular flexibility index (Phi) is 3.80. The highest BCUT2D eigenvalue weighted by atomic mass is 19.4. The van der Waals surface area contributed by atoms with Crippen molar-refractivity contribution < 1.29 is 17.6 Å². The van der Waals surface area contributed by atoms with Gasteiger partial charge in [-0.25, -0.2) is 9.37 Å². The SMILES string of the molecule is CN1CCN(c2nc3c(F)cc(C(F)(F)F)cc3c3cn(C)nc23)CC1. The minimum atomic E-state index is -4.63. The van der Waals surface area contributed by atoms with Gasteiger partial charge in [-0.05, 0) is 19.2 Å². The van der Waals surface area contributed by atoms with Gasteiger partial charge in [0.05, 0.1) is 5.56 Å². The zero-order chi connectivity index (χ0) is 18.6. The smallest absolute Gasteiger partial charge is 0.352 e. The summed E-state index contributed by atoms with van der Waals surface area (Å²) in [6, 6.07) is 1.45. The second kappa shape index (κ2) is 5.80. The predicted octanol–water partition coefficient (Wildman–Crippen LogP) is 3.03. The van der Waals surface area contributed by atoms with E-state index in [1.165, 1.54) is 4.68 Å². The first-order chi connectivity index (χ1) is 12.2. The Balaban J connectivity index is 1.98. The molecule has 2 aromatic heterocycles. The molecular weight excluding hydrogens is 350 g/mol. The van der Waals surface area contributed by atoms with Crippen LogP contribution in [0.1, 0.15) is 5.56 Å². The maximum atomic E-state index is 14.5. The number of hydrogen-bond donors (Lipinski definition) is 0. The molecule has 138 valence electrons. The third-order valence-electron chi connectivity index (χ3n) is 4.74. The summed E-state index contributed by atoms with van der Waals surface area (Å²) < 4.78 is 55.3. The first-order valence-corrected chi connectivity index (χ1v) is 8.21. The van der Waals surface area contributed by atoms with E-state index in [0.29, 0.717) is 35.9 Å². The van der Waals surface area contributed by atoms with Crippen LogP contribution < -0.4 is 4.90 Å². The zero-order valence-electron chi connectivity index (χ0n) is 14.3. The molecule has 0 N–H and O–H groups in total. The number of anilines is 1. The van der Waals surface area contributed by atoms with Crippen molar-refractivity contribution in [3.63, 3.8) is 0 Å². The molecule has 26 heavy (non-hydrogen) atoms. The van der Waals surface area contributed by atoms with Crippen LogP contribution in [0.3, 0.4) is 0 Å². The number of fused-ring (bicyclic) bond motifs is 3. The van der Waals surface area contributed by atoms with E-state index in [0.717, 1.165) is 19.2 Å². The molecule has 0 unspecified atom stereocenters. The fraction of sp³-hybridized carbons (Fsp3) is 0.412. The maximum absolute atomic E-state index is 14.5. The Bertz CT molecular complexity index is 986. The molecule has 3 heterocycles. The van der Waals surface area contributed by atoms with Crippen molar-refractivity contribution in [2.45, 2.75) is 6.18 Å². The van der Waals surface area contributed by atoms with Crippen LogP contribution in [-0.2, 0) is 13.2 Å². The fourth-order valence-corrected chi connectivity index (χ4v) is 3.33. The van der Waals surface area contributed by atoms with Crippen molar-refractivity contribution in [3.8, 4) is 0 Å². The fourth-order valence-electron chi connectivity index (χ4n) is 3.33. The van der Waals surface area contributed by atoms with E-state index >= 15 is 0 Å². The quantitative estimate of drug-likeness (QED) is 0.620. The molecule has 0 atom stereocenters. The zero-order valence-corrected chi connectivity index (χ0v) is 14.3. The Labute approximate surface area is 146 Å². The van der Waals surface area contributed by atoms with Crippen LogP contribution in [0.4, 0.5) is 23.4 Å². The van der Waals surface area contributed by atoms with Crippen LogP contribution >= 0.6 is 0 Å². The number of benzene rings is 1. The number of likely N-dealkylation sites (N-methyl/N-ethyl adjacent to an activating group) is 1. The molecule has 0 bridgehead atoms. The average Bonchev–Trinajstić information content (AvgIpc) is 2.96. The molecule has 0 aliphatic carbocycles. The van der Waals surface area contributed by atoms with Crippen LogP contribution in [0, 0.1) is 5.82 Å². The molecule has 9 heteroatoms. The van der Waals surface area contributed by atoms with Crippen molar-refractivity contribution >= 4 is 27.6 Å². The van der Waals surface area contributed by atoms with Crippen molar-refractivity contribution in [1.82, 2.24) is 19.7 Å². The first-order valence-electron chi connectivity index (χ1n) is 8.21. The molecule has 0 spiro atoms. The number of halogens is 4. The topological polar surface area (TPSA) is 37.2 Å². The molecule has 1 aliphatic heterocycles. The van der Waals surface area contributed by atoms with Gasteiger partial charge >= 0.3 is 6.18 Å². The summed E-state index contributed by atoms with van der Waals surface area (Å²) >= 11 is 0. The van der Waals surface area contributed by atoms with Crippen LogP contribution in [0.25, 0.3) is 21.8 Å². The molecule has 0 saturated carbocycles. The molecule has 0 amide bonds. The summed E-state index contributed by atoms with van der Waals surface area (Å²) in [7, 11) is 3.70. The van der Waals surface area contributed by atoms with Crippen LogP contribution in [-0.4, -0.2) is 52.9 Å². The van der Waals surface area contributed by atoms with Gasteiger partial charge in [-0.1, -0.05) is 0 Å². The second-order valence-electron chi connectivity index (χ2n) is 6.64. The Hall–Kier alpha value is -2.42. The summed E-state index contributed by atoms with van der Waals surface area (Å²) in [5.41, 5.74) is -0.600. The maximum Gasteiger partial charge on any atom is 0.416 e. The van der Waals surface area contributed by atoms with E-state index < -0.39 is 17.6 Å². The highest BCUT2D eigenvalue weighted by molar-refractivity contribution is 6.08. The highest BCUT2D eigenvalue weighted by Gasteiger charge is 2.32. The van der Waals surface area contributed by atoms with Crippen molar-refractivity contribution in [2.24, 2.45) is 7.05 Å². The number of piperazine rings is 1. The standard InChI is InChI=1S/C17H17F4N5/c1-24-3-5-26(6-4-24)16-15-12(9-25(2)23-15)11-7-10(17(19,20)21)8-13(18)14(11)22-16/h7-9H,3-6H2,1-2H3. The Morgan fingerprint density at radius 3 is 2.31 bits per heavy atom. The number of aromatic nitrogens is 3. The van der Waals surface area contributed by atoms with Gasteiger partial charge in [-0.3, -0.25) is 4.68 Å². The number of hydrogen-bond acceptors (Lipinski definition) is 4. The molecule has 4 rings (SSSR count). The third kappa shape index (κ3) is 2.76. The summed E-state index contributed by atoms with van der Waals surface area (Å²) in [4.78, 5) is 8.55. The highest BCUT2D eigenvalue weighted by Crippen LogP contribution is 2.37. The molecular formula is C17H17F4N5. The summed E-state index contributed by atoms with van der Waals surface area (Å²) in [5, 5.41) is 4.97. The lowest BCUT2D eigenvalue weighted by molar-refractivity contribution is -0.137. The van der Waals surface area contributed by atoms with E-state index in [9.17, 15) is 17.6 Å². The van der Waals surface area contributed by atoms with Crippen molar-refractivity contribution in [2.75, 3.05) is 38.1 Å². The lowest BCUT2D eigenvalue weighted by Crippen LogP contribution is -2.44. The molecule has 3 aromatic rings. The van der Waals surface area contributed by atoms with Gasteiger partial charge in [-0.2, -0.15) is 18.3 Å². The van der Waals surface area contributed by atoms with Crippen LogP contribution in [0.5, 0.6) is 0 Å². The summed E-state index contributed by atoms with van der Waals surface area (Å²) in [6.45, 7) is 3.04. The molecule has 1 aliphatic rings. The number of pyridine rings is 1. The van der Waals surface area contributed by atoms with E-state index in [2.05, 4.69) is 15.0 Å². The van der Waals surface area contributed by atoms with Gasteiger partial charge in [0.15, 0.2) is 5.82 Å². The van der Waals surface area contributed by atoms with E-state index in [-0.39, 0.29) is 10.9 Å². The largest absolute Gasteiger partial charge is 0.416 e. The summed E-state index contributed by atoms with van der Waals surface area (Å²) in [5.74, 6) is -0.462. The number of rotatable bonds is 1. The lowest BCUT2D eigenvalue weighted by atomic mass is 10.1. The van der Waals surface area contributed by atoms with Gasteiger partial charge in [0.2, 0.25) is 0 Å². The monoisotopic (exact) mass is 367 g/mol. The van der Waals surface area contributed by atoms with Crippen LogP contribution in [0.2, 0.25) is 0 Å². The van der Waals surface area contributed by atoms with Gasteiger partial charge in [0.1, 0.15) is 16.9 Å². The Morgan fingerprint density at radius 2 is 1.65 bits per heavy atom. The molecule has 1 fully saturated rings. The molecule has 1 aromatic carbocycles. The normalized spacial score (nSPS) is 16.8.